The first-order valence-corrected chi connectivity index (χ1v) is 6.34. The van der Waals surface area contributed by atoms with Gasteiger partial charge in [-0.25, -0.2) is 17.2 Å². The number of sulfone groups is 1. The van der Waals surface area contributed by atoms with Gasteiger partial charge in [0.1, 0.15) is 16.5 Å². The molecular weight excluding hydrogens is 236 g/mol. The summed E-state index contributed by atoms with van der Waals surface area (Å²) in [6, 6.07) is 1.10. The van der Waals surface area contributed by atoms with Gasteiger partial charge in [0.05, 0.1) is 11.3 Å². The predicted octanol–water partition coefficient (Wildman–Crippen LogP) is 1.40. The van der Waals surface area contributed by atoms with Crippen molar-refractivity contribution >= 4 is 9.84 Å². The third-order valence-electron chi connectivity index (χ3n) is 2.93. The van der Waals surface area contributed by atoms with E-state index in [0.29, 0.717) is 6.07 Å². The van der Waals surface area contributed by atoms with E-state index in [-0.39, 0.29) is 10.5 Å². The zero-order valence-electron chi connectivity index (χ0n) is 8.79. The van der Waals surface area contributed by atoms with Gasteiger partial charge in [-0.1, -0.05) is 0 Å². The fourth-order valence-corrected chi connectivity index (χ4v) is 3.98. The van der Waals surface area contributed by atoms with Crippen LogP contribution in [0.4, 0.5) is 8.78 Å². The Morgan fingerprint density at radius 1 is 1.31 bits per heavy atom. The molecule has 1 N–H and O–H groups in total. The maximum Gasteiger partial charge on any atom is 0.186 e. The Morgan fingerprint density at radius 3 is 2.50 bits per heavy atom. The molecule has 2 atom stereocenters. The fraction of sp³-hybridized carbons (Fsp3) is 0.400. The van der Waals surface area contributed by atoms with Crippen molar-refractivity contribution in [2.24, 2.45) is 0 Å². The van der Waals surface area contributed by atoms with Crippen LogP contribution in [0, 0.1) is 11.6 Å². The molecule has 0 saturated carbocycles. The standard InChI is InChI=1S/C10H11F2NO2S/c1-5-9(13-2)7-3-6(11)4-8(12)10(7)16(5,14)15/h3-5,9,13H,1-2H3. The summed E-state index contributed by atoms with van der Waals surface area (Å²) in [6.45, 7) is 1.48. The van der Waals surface area contributed by atoms with Crippen molar-refractivity contribution in [3.63, 3.8) is 0 Å². The van der Waals surface area contributed by atoms with Crippen molar-refractivity contribution in [1.29, 1.82) is 0 Å². The molecule has 2 rings (SSSR count). The van der Waals surface area contributed by atoms with E-state index in [1.54, 1.807) is 7.05 Å². The lowest BCUT2D eigenvalue weighted by molar-refractivity contribution is 0.541. The molecule has 0 aliphatic carbocycles. The van der Waals surface area contributed by atoms with Gasteiger partial charge in [0.2, 0.25) is 0 Å². The maximum absolute atomic E-state index is 13.5. The summed E-state index contributed by atoms with van der Waals surface area (Å²) >= 11 is 0. The Kier molecular flexibility index (Phi) is 2.51. The van der Waals surface area contributed by atoms with Crippen molar-refractivity contribution in [2.45, 2.75) is 23.1 Å². The number of rotatable bonds is 1. The number of hydrogen-bond donors (Lipinski definition) is 1. The van der Waals surface area contributed by atoms with Crippen LogP contribution in [0.15, 0.2) is 17.0 Å². The van der Waals surface area contributed by atoms with E-state index in [9.17, 15) is 17.2 Å². The monoisotopic (exact) mass is 247 g/mol. The maximum atomic E-state index is 13.5. The van der Waals surface area contributed by atoms with E-state index in [4.69, 9.17) is 0 Å². The van der Waals surface area contributed by atoms with Crippen LogP contribution < -0.4 is 5.32 Å². The topological polar surface area (TPSA) is 46.2 Å². The molecule has 16 heavy (non-hydrogen) atoms. The Hall–Kier alpha value is -1.01. The summed E-state index contributed by atoms with van der Waals surface area (Å²) in [6.07, 6.45) is 0. The molecule has 6 heteroatoms. The highest BCUT2D eigenvalue weighted by Crippen LogP contribution is 2.40. The molecular formula is C10H11F2NO2S. The van der Waals surface area contributed by atoms with E-state index in [0.717, 1.165) is 6.07 Å². The smallest absolute Gasteiger partial charge is 0.186 e. The van der Waals surface area contributed by atoms with Gasteiger partial charge < -0.3 is 5.32 Å². The van der Waals surface area contributed by atoms with Gasteiger partial charge in [-0.05, 0) is 25.6 Å². The van der Waals surface area contributed by atoms with Crippen LogP contribution in [0.3, 0.4) is 0 Å². The average Bonchev–Trinajstić information content (AvgIpc) is 2.34. The van der Waals surface area contributed by atoms with Crippen molar-refractivity contribution in [3.05, 3.63) is 29.3 Å². The molecule has 0 amide bonds. The summed E-state index contributed by atoms with van der Waals surface area (Å²) < 4.78 is 50.3. The second-order valence-corrected chi connectivity index (χ2v) is 6.06. The number of fused-ring (bicyclic) bond motifs is 1. The van der Waals surface area contributed by atoms with Gasteiger partial charge >= 0.3 is 0 Å². The lowest BCUT2D eigenvalue weighted by atomic mass is 10.0. The second-order valence-electron chi connectivity index (χ2n) is 3.82. The molecule has 0 spiro atoms. The molecule has 88 valence electrons. The Balaban J connectivity index is 2.79. The summed E-state index contributed by atoms with van der Waals surface area (Å²) in [5.74, 6) is -1.78. The molecule has 1 aromatic carbocycles. The molecule has 1 aromatic rings. The third kappa shape index (κ3) is 1.36. The first-order chi connectivity index (χ1) is 7.39. The van der Waals surface area contributed by atoms with Gasteiger partial charge in [0, 0.05) is 6.07 Å². The van der Waals surface area contributed by atoms with Crippen molar-refractivity contribution in [3.8, 4) is 0 Å². The van der Waals surface area contributed by atoms with Crippen LogP contribution >= 0.6 is 0 Å². The van der Waals surface area contributed by atoms with Gasteiger partial charge in [0.25, 0.3) is 0 Å². The number of halogens is 2. The van der Waals surface area contributed by atoms with Crippen LogP contribution in [0.5, 0.6) is 0 Å². The van der Waals surface area contributed by atoms with Crippen molar-refractivity contribution in [1.82, 2.24) is 5.32 Å². The molecule has 0 fully saturated rings. The van der Waals surface area contributed by atoms with Crippen molar-refractivity contribution in [2.75, 3.05) is 7.05 Å². The molecule has 1 aliphatic rings. The molecule has 1 heterocycles. The van der Waals surface area contributed by atoms with E-state index < -0.39 is 32.8 Å². The number of hydrogen-bond acceptors (Lipinski definition) is 3. The quantitative estimate of drug-likeness (QED) is 0.763. The highest BCUT2D eigenvalue weighted by atomic mass is 32.2. The zero-order chi connectivity index (χ0) is 12.1. The normalized spacial score (nSPS) is 26.8. The SMILES string of the molecule is CNC1c2cc(F)cc(F)c2S(=O)(=O)C1C. The van der Waals surface area contributed by atoms with E-state index in [1.807, 2.05) is 0 Å². The number of nitrogens with one attached hydrogen (secondary N) is 1. The predicted molar refractivity (Wildman–Crippen MR) is 54.8 cm³/mol. The largest absolute Gasteiger partial charge is 0.312 e. The average molecular weight is 247 g/mol. The summed E-state index contributed by atoms with van der Waals surface area (Å²) in [5.41, 5.74) is 0.174. The molecule has 0 aromatic heterocycles. The summed E-state index contributed by atoms with van der Waals surface area (Å²) in [5, 5.41) is 1.98. The van der Waals surface area contributed by atoms with Crippen LogP contribution in [0.2, 0.25) is 0 Å². The Labute approximate surface area is 92.4 Å². The van der Waals surface area contributed by atoms with Crippen LogP contribution in [0.25, 0.3) is 0 Å². The van der Waals surface area contributed by atoms with Crippen LogP contribution in [0.1, 0.15) is 18.5 Å². The summed E-state index contributed by atoms with van der Waals surface area (Å²) in [7, 11) is -2.13. The number of benzene rings is 1. The van der Waals surface area contributed by atoms with Crippen LogP contribution in [-0.4, -0.2) is 20.7 Å². The highest BCUT2D eigenvalue weighted by Gasteiger charge is 2.43. The minimum atomic E-state index is -3.70. The van der Waals surface area contributed by atoms with Gasteiger partial charge in [-0.3, -0.25) is 0 Å². The van der Waals surface area contributed by atoms with Crippen molar-refractivity contribution < 1.29 is 17.2 Å². The lowest BCUT2D eigenvalue weighted by Crippen LogP contribution is -2.26. The highest BCUT2D eigenvalue weighted by molar-refractivity contribution is 7.92. The lowest BCUT2D eigenvalue weighted by Gasteiger charge is -2.13. The van der Waals surface area contributed by atoms with E-state index in [2.05, 4.69) is 5.32 Å². The van der Waals surface area contributed by atoms with Gasteiger partial charge in [-0.2, -0.15) is 0 Å². The Bertz CT molecular complexity index is 542. The first kappa shape index (κ1) is 11.5. The van der Waals surface area contributed by atoms with Gasteiger partial charge in [-0.15, -0.1) is 0 Å². The van der Waals surface area contributed by atoms with E-state index >= 15 is 0 Å². The third-order valence-corrected chi connectivity index (χ3v) is 5.18. The molecule has 2 unspecified atom stereocenters. The molecule has 0 radical (unpaired) electrons. The summed E-state index contributed by atoms with van der Waals surface area (Å²) in [4.78, 5) is -0.374. The molecule has 0 bridgehead atoms. The molecule has 3 nitrogen and oxygen atoms in total. The first-order valence-electron chi connectivity index (χ1n) is 4.79. The molecule has 1 aliphatic heterocycles. The minimum absolute atomic E-state index is 0.174. The zero-order valence-corrected chi connectivity index (χ0v) is 9.61. The van der Waals surface area contributed by atoms with E-state index in [1.165, 1.54) is 6.92 Å². The van der Waals surface area contributed by atoms with Gasteiger partial charge in [0.15, 0.2) is 9.84 Å². The second kappa shape index (κ2) is 3.49. The molecule has 0 saturated heterocycles. The Morgan fingerprint density at radius 2 is 1.94 bits per heavy atom. The van der Waals surface area contributed by atoms with Crippen LogP contribution in [-0.2, 0) is 9.84 Å². The minimum Gasteiger partial charge on any atom is -0.312 e. The fourth-order valence-electron chi connectivity index (χ4n) is 2.12.